The van der Waals surface area contributed by atoms with Crippen molar-refractivity contribution in [2.75, 3.05) is 6.54 Å². The Balaban J connectivity index is 1.46. The van der Waals surface area contributed by atoms with Crippen LogP contribution in [0.2, 0.25) is 0 Å². The van der Waals surface area contributed by atoms with Gasteiger partial charge in [-0.05, 0) is 56.1 Å². The summed E-state index contributed by atoms with van der Waals surface area (Å²) in [7, 11) is 1.98. The molecule has 1 amide bonds. The van der Waals surface area contributed by atoms with Crippen LogP contribution in [0.25, 0.3) is 0 Å². The number of hydrogen-bond donors (Lipinski definition) is 1. The van der Waals surface area contributed by atoms with Crippen LogP contribution in [0.4, 0.5) is 0 Å². The zero-order valence-corrected chi connectivity index (χ0v) is 16.8. The van der Waals surface area contributed by atoms with Gasteiger partial charge in [-0.1, -0.05) is 24.3 Å². The topological polar surface area (TPSA) is 73.4 Å². The van der Waals surface area contributed by atoms with E-state index in [1.807, 2.05) is 29.9 Å². The summed E-state index contributed by atoms with van der Waals surface area (Å²) in [6, 6.07) is 15.5. The Labute approximate surface area is 170 Å². The van der Waals surface area contributed by atoms with Gasteiger partial charge in [0.05, 0.1) is 11.3 Å². The van der Waals surface area contributed by atoms with Crippen molar-refractivity contribution < 1.29 is 9.53 Å². The van der Waals surface area contributed by atoms with Crippen LogP contribution < -0.4 is 10.5 Å². The molecule has 1 aromatic heterocycles. The van der Waals surface area contributed by atoms with Crippen molar-refractivity contribution in [1.82, 2.24) is 14.7 Å². The first-order valence-corrected chi connectivity index (χ1v) is 9.91. The highest BCUT2D eigenvalue weighted by molar-refractivity contribution is 5.95. The summed E-state index contributed by atoms with van der Waals surface area (Å²) in [6.07, 6.45) is 4.51. The molecule has 2 N–H and O–H groups in total. The fourth-order valence-corrected chi connectivity index (χ4v) is 4.10. The van der Waals surface area contributed by atoms with Gasteiger partial charge in [0.25, 0.3) is 5.91 Å². The number of aromatic nitrogens is 2. The van der Waals surface area contributed by atoms with Gasteiger partial charge in [0.1, 0.15) is 11.5 Å². The fourth-order valence-electron chi connectivity index (χ4n) is 4.10. The first-order valence-electron chi connectivity index (χ1n) is 9.91. The van der Waals surface area contributed by atoms with Crippen LogP contribution in [0.3, 0.4) is 0 Å². The summed E-state index contributed by atoms with van der Waals surface area (Å²) in [4.78, 5) is 14.1. The third-order valence-electron chi connectivity index (χ3n) is 5.46. The van der Waals surface area contributed by atoms with E-state index in [4.69, 9.17) is 10.5 Å². The summed E-state index contributed by atoms with van der Waals surface area (Å²) < 4.78 is 7.78. The molecule has 4 rings (SSSR count). The lowest BCUT2D eigenvalue weighted by Crippen LogP contribution is -2.23. The zero-order chi connectivity index (χ0) is 20.4. The first-order chi connectivity index (χ1) is 14.0. The molecule has 0 radical (unpaired) electrons. The highest BCUT2D eigenvalue weighted by Gasteiger charge is 2.28. The quantitative estimate of drug-likeness (QED) is 0.691. The molecule has 2 aromatic carbocycles. The minimum atomic E-state index is -0.497. The van der Waals surface area contributed by atoms with E-state index in [-0.39, 0.29) is 0 Å². The van der Waals surface area contributed by atoms with Crippen LogP contribution in [0.5, 0.6) is 11.5 Å². The van der Waals surface area contributed by atoms with E-state index in [0.717, 1.165) is 25.2 Å². The van der Waals surface area contributed by atoms with Gasteiger partial charge in [0.2, 0.25) is 0 Å². The molecule has 2 heterocycles. The van der Waals surface area contributed by atoms with Crippen molar-refractivity contribution in [2.45, 2.75) is 32.4 Å². The van der Waals surface area contributed by atoms with Gasteiger partial charge in [0, 0.05) is 31.4 Å². The number of carbonyl (C=O) groups excluding carboxylic acids is 1. The number of benzene rings is 2. The maximum atomic E-state index is 11.6. The van der Waals surface area contributed by atoms with Crippen molar-refractivity contribution in [3.05, 3.63) is 77.1 Å². The van der Waals surface area contributed by atoms with Crippen LogP contribution in [-0.4, -0.2) is 27.1 Å². The van der Waals surface area contributed by atoms with Crippen LogP contribution in [0, 0.1) is 6.92 Å². The number of nitrogens with zero attached hydrogens (tertiary/aromatic N) is 3. The largest absolute Gasteiger partial charge is 0.457 e. The molecular formula is C23H26N4O2. The van der Waals surface area contributed by atoms with Gasteiger partial charge < -0.3 is 10.5 Å². The van der Waals surface area contributed by atoms with Crippen molar-refractivity contribution in [3.63, 3.8) is 0 Å². The van der Waals surface area contributed by atoms with Crippen LogP contribution in [0.15, 0.2) is 54.7 Å². The number of nitrogens with two attached hydrogens (primary N) is 1. The van der Waals surface area contributed by atoms with Crippen LogP contribution in [-0.2, 0) is 13.6 Å². The number of rotatable bonds is 6. The standard InChI is InChI=1S/C23H26N4O2/c1-16-20(15-26(2)25-16)21-7-5-13-27(21)14-17-9-11-18(12-10-17)29-22-8-4-3-6-19(22)23(24)28/h3-4,6,8-12,15,21H,5,7,13-14H2,1-2H3,(H2,24,28)/t21-/m0/s1. The summed E-state index contributed by atoms with van der Waals surface area (Å²) in [5, 5.41) is 4.51. The first kappa shape index (κ1) is 19.2. The number of likely N-dealkylation sites (tertiary alicyclic amines) is 1. The Morgan fingerprint density at radius 3 is 2.66 bits per heavy atom. The van der Waals surface area contributed by atoms with E-state index in [9.17, 15) is 4.79 Å². The van der Waals surface area contributed by atoms with Gasteiger partial charge >= 0.3 is 0 Å². The molecule has 1 atom stereocenters. The van der Waals surface area contributed by atoms with Gasteiger partial charge in [-0.3, -0.25) is 14.4 Å². The minimum absolute atomic E-state index is 0.378. The second-order valence-corrected chi connectivity index (χ2v) is 7.58. The summed E-state index contributed by atoms with van der Waals surface area (Å²) in [6.45, 7) is 4.06. The van der Waals surface area contributed by atoms with E-state index >= 15 is 0 Å². The average Bonchev–Trinajstić information content (AvgIpc) is 3.28. The van der Waals surface area contributed by atoms with Gasteiger partial charge in [-0.2, -0.15) is 5.10 Å². The lowest BCUT2D eigenvalue weighted by molar-refractivity contribution is 0.0998. The predicted molar refractivity (Wildman–Crippen MR) is 112 cm³/mol. The molecule has 0 aliphatic carbocycles. The molecular weight excluding hydrogens is 364 g/mol. The molecule has 6 nitrogen and oxygen atoms in total. The predicted octanol–water partition coefficient (Wildman–Crippen LogP) is 3.96. The van der Waals surface area contributed by atoms with Crippen molar-refractivity contribution >= 4 is 5.91 Å². The smallest absolute Gasteiger partial charge is 0.252 e. The highest BCUT2D eigenvalue weighted by atomic mass is 16.5. The molecule has 0 saturated carbocycles. The number of primary amides is 1. The second-order valence-electron chi connectivity index (χ2n) is 7.58. The molecule has 1 aliphatic rings. The molecule has 1 fully saturated rings. The maximum absolute atomic E-state index is 11.6. The normalized spacial score (nSPS) is 16.8. The number of amides is 1. The molecule has 6 heteroatoms. The monoisotopic (exact) mass is 390 g/mol. The van der Waals surface area contributed by atoms with Crippen LogP contribution in [0.1, 0.15) is 46.1 Å². The number of para-hydroxylation sites is 1. The molecule has 0 unspecified atom stereocenters. The average molecular weight is 390 g/mol. The number of hydrogen-bond acceptors (Lipinski definition) is 4. The zero-order valence-electron chi connectivity index (χ0n) is 16.8. The van der Waals surface area contributed by atoms with Gasteiger partial charge in [0.15, 0.2) is 0 Å². The van der Waals surface area contributed by atoms with E-state index in [2.05, 4.69) is 35.3 Å². The molecule has 0 spiro atoms. The highest BCUT2D eigenvalue weighted by Crippen LogP contribution is 2.34. The molecule has 0 bridgehead atoms. The maximum Gasteiger partial charge on any atom is 0.252 e. The minimum Gasteiger partial charge on any atom is -0.457 e. The third-order valence-corrected chi connectivity index (χ3v) is 5.46. The van der Waals surface area contributed by atoms with Crippen molar-refractivity contribution in [2.24, 2.45) is 12.8 Å². The van der Waals surface area contributed by atoms with Crippen molar-refractivity contribution in [1.29, 1.82) is 0 Å². The van der Waals surface area contributed by atoms with E-state index in [1.54, 1.807) is 18.2 Å². The molecule has 1 aliphatic heterocycles. The molecule has 150 valence electrons. The SMILES string of the molecule is Cc1nn(C)cc1[C@@H]1CCCN1Cc1ccc(Oc2ccccc2C(N)=O)cc1. The van der Waals surface area contributed by atoms with Gasteiger partial charge in [-0.25, -0.2) is 0 Å². The third kappa shape index (κ3) is 4.17. The van der Waals surface area contributed by atoms with Gasteiger partial charge in [-0.15, -0.1) is 0 Å². The Bertz CT molecular complexity index is 1010. The number of ether oxygens (including phenoxy) is 1. The van der Waals surface area contributed by atoms with Crippen molar-refractivity contribution in [3.8, 4) is 11.5 Å². The Morgan fingerprint density at radius 1 is 1.21 bits per heavy atom. The number of aryl methyl sites for hydroxylation is 2. The number of carbonyl (C=O) groups is 1. The Hall–Kier alpha value is -3.12. The van der Waals surface area contributed by atoms with E-state index < -0.39 is 5.91 Å². The van der Waals surface area contributed by atoms with E-state index in [0.29, 0.717) is 23.1 Å². The Kier molecular flexibility index (Phi) is 5.36. The summed E-state index contributed by atoms with van der Waals surface area (Å²) >= 11 is 0. The summed E-state index contributed by atoms with van der Waals surface area (Å²) in [5.74, 6) is 0.658. The summed E-state index contributed by atoms with van der Waals surface area (Å²) in [5.41, 5.74) is 9.47. The Morgan fingerprint density at radius 2 is 1.97 bits per heavy atom. The molecule has 29 heavy (non-hydrogen) atoms. The lowest BCUT2D eigenvalue weighted by Gasteiger charge is -2.24. The lowest BCUT2D eigenvalue weighted by atomic mass is 10.1. The van der Waals surface area contributed by atoms with E-state index in [1.165, 1.54) is 17.5 Å². The van der Waals surface area contributed by atoms with Crippen LogP contribution >= 0.6 is 0 Å². The fraction of sp³-hybridized carbons (Fsp3) is 0.304. The molecule has 3 aromatic rings. The second kappa shape index (κ2) is 8.09. The molecule has 1 saturated heterocycles.